The monoisotopic (exact) mass is 301 g/mol. The Morgan fingerprint density at radius 3 is 2.94 bits per heavy atom. The van der Waals surface area contributed by atoms with Crippen LogP contribution in [0.3, 0.4) is 0 Å². The van der Waals surface area contributed by atoms with E-state index in [0.29, 0.717) is 17.1 Å². The lowest BCUT2D eigenvalue weighted by Gasteiger charge is -2.16. The van der Waals surface area contributed by atoms with Gasteiger partial charge in [-0.2, -0.15) is 0 Å². The molecule has 1 unspecified atom stereocenters. The Kier molecular flexibility index (Phi) is 3.26. The van der Waals surface area contributed by atoms with E-state index in [0.717, 1.165) is 10.0 Å². The van der Waals surface area contributed by atoms with Gasteiger partial charge < -0.3 is 20.3 Å². The number of fused-ring (bicyclic) bond motifs is 1. The average molecular weight is 302 g/mol. The lowest BCUT2D eigenvalue weighted by atomic mass is 9.93. The Morgan fingerprint density at radius 1 is 1.65 bits per heavy atom. The highest BCUT2D eigenvalue weighted by Gasteiger charge is 2.30. The van der Waals surface area contributed by atoms with Crippen molar-refractivity contribution in [2.24, 2.45) is 5.73 Å². The molecule has 0 radical (unpaired) electrons. The SMILES string of the molecule is Cc1c(Br)cc2c(c1C(CN)C(=O)O)OCO2. The molecule has 6 heteroatoms. The van der Waals surface area contributed by atoms with E-state index in [4.69, 9.17) is 15.2 Å². The van der Waals surface area contributed by atoms with Crippen LogP contribution in [0.25, 0.3) is 0 Å². The highest BCUT2D eigenvalue weighted by atomic mass is 79.9. The lowest BCUT2D eigenvalue weighted by Crippen LogP contribution is -2.22. The van der Waals surface area contributed by atoms with E-state index in [9.17, 15) is 9.90 Å². The van der Waals surface area contributed by atoms with Crippen molar-refractivity contribution in [1.29, 1.82) is 0 Å². The fourth-order valence-corrected chi connectivity index (χ4v) is 2.31. The van der Waals surface area contributed by atoms with Gasteiger partial charge in [-0.25, -0.2) is 0 Å². The third kappa shape index (κ3) is 1.98. The normalized spacial score (nSPS) is 14.8. The minimum absolute atomic E-state index is 0.0163. The van der Waals surface area contributed by atoms with Crippen molar-refractivity contribution in [3.63, 3.8) is 0 Å². The maximum Gasteiger partial charge on any atom is 0.312 e. The Hall–Kier alpha value is -1.27. The van der Waals surface area contributed by atoms with Gasteiger partial charge >= 0.3 is 5.97 Å². The van der Waals surface area contributed by atoms with Crippen LogP contribution in [-0.4, -0.2) is 24.4 Å². The van der Waals surface area contributed by atoms with Crippen LogP contribution in [0, 0.1) is 6.92 Å². The quantitative estimate of drug-likeness (QED) is 0.886. The summed E-state index contributed by atoms with van der Waals surface area (Å²) in [6.07, 6.45) is 0. The van der Waals surface area contributed by atoms with Gasteiger partial charge in [0.15, 0.2) is 11.5 Å². The first kappa shape index (κ1) is 12.2. The number of rotatable bonds is 3. The molecule has 5 nitrogen and oxygen atoms in total. The number of halogens is 1. The summed E-state index contributed by atoms with van der Waals surface area (Å²) in [5.41, 5.74) is 6.92. The summed E-state index contributed by atoms with van der Waals surface area (Å²) in [5, 5.41) is 9.18. The first-order valence-electron chi connectivity index (χ1n) is 5.07. The van der Waals surface area contributed by atoms with Crippen LogP contribution in [0.5, 0.6) is 11.5 Å². The zero-order chi connectivity index (χ0) is 12.6. The highest BCUT2D eigenvalue weighted by Crippen LogP contribution is 2.44. The van der Waals surface area contributed by atoms with Crippen molar-refractivity contribution >= 4 is 21.9 Å². The van der Waals surface area contributed by atoms with Gasteiger partial charge in [0.1, 0.15) is 0 Å². The molecule has 17 heavy (non-hydrogen) atoms. The third-order valence-electron chi connectivity index (χ3n) is 2.79. The number of ether oxygens (including phenoxy) is 2. The molecule has 2 rings (SSSR count). The van der Waals surface area contributed by atoms with Gasteiger partial charge in [0.05, 0.1) is 5.92 Å². The molecular formula is C11H12BrNO4. The summed E-state index contributed by atoms with van der Waals surface area (Å²) in [7, 11) is 0. The summed E-state index contributed by atoms with van der Waals surface area (Å²) in [4.78, 5) is 11.2. The molecule has 0 aliphatic carbocycles. The fourth-order valence-electron chi connectivity index (χ4n) is 1.89. The Bertz CT molecular complexity index is 475. The number of benzene rings is 1. The van der Waals surface area contributed by atoms with Crippen LogP contribution in [-0.2, 0) is 4.79 Å². The van der Waals surface area contributed by atoms with Crippen LogP contribution >= 0.6 is 15.9 Å². The van der Waals surface area contributed by atoms with Crippen LogP contribution in [0.2, 0.25) is 0 Å². The van der Waals surface area contributed by atoms with E-state index in [1.54, 1.807) is 6.07 Å². The smallest absolute Gasteiger partial charge is 0.312 e. The standard InChI is InChI=1S/C11H12BrNO4/c1-5-7(12)2-8-10(17-4-16-8)9(5)6(3-13)11(14)15/h2,6H,3-4,13H2,1H3,(H,14,15). The first-order chi connectivity index (χ1) is 8.06. The van der Waals surface area contributed by atoms with E-state index in [1.165, 1.54) is 0 Å². The molecule has 1 aromatic carbocycles. The van der Waals surface area contributed by atoms with Crippen LogP contribution in [0.4, 0.5) is 0 Å². The van der Waals surface area contributed by atoms with Gasteiger partial charge in [0.2, 0.25) is 6.79 Å². The molecule has 0 fully saturated rings. The van der Waals surface area contributed by atoms with Crippen molar-refractivity contribution in [2.45, 2.75) is 12.8 Å². The van der Waals surface area contributed by atoms with Crippen molar-refractivity contribution < 1.29 is 19.4 Å². The van der Waals surface area contributed by atoms with Crippen molar-refractivity contribution in [2.75, 3.05) is 13.3 Å². The molecule has 0 saturated heterocycles. The van der Waals surface area contributed by atoms with Gasteiger partial charge in [0, 0.05) is 16.6 Å². The molecular weight excluding hydrogens is 290 g/mol. The molecule has 0 aromatic heterocycles. The number of hydrogen-bond donors (Lipinski definition) is 2. The average Bonchev–Trinajstić information content (AvgIpc) is 2.71. The molecule has 1 aliphatic heterocycles. The maximum atomic E-state index is 11.2. The maximum absolute atomic E-state index is 11.2. The number of nitrogens with two attached hydrogens (primary N) is 1. The lowest BCUT2D eigenvalue weighted by molar-refractivity contribution is -0.138. The topological polar surface area (TPSA) is 81.8 Å². The van der Waals surface area contributed by atoms with Gasteiger partial charge in [0.25, 0.3) is 0 Å². The van der Waals surface area contributed by atoms with Gasteiger partial charge in [-0.3, -0.25) is 4.79 Å². The third-order valence-corrected chi connectivity index (χ3v) is 3.61. The van der Waals surface area contributed by atoms with E-state index in [-0.39, 0.29) is 13.3 Å². The summed E-state index contributed by atoms with van der Waals surface area (Å²) >= 11 is 3.38. The van der Waals surface area contributed by atoms with Crippen molar-refractivity contribution in [1.82, 2.24) is 0 Å². The van der Waals surface area contributed by atoms with Crippen LogP contribution in [0.1, 0.15) is 17.0 Å². The minimum atomic E-state index is -0.966. The predicted octanol–water partition coefficient (Wildman–Crippen LogP) is 1.61. The molecule has 1 heterocycles. The molecule has 0 bridgehead atoms. The Balaban J connectivity index is 2.63. The first-order valence-corrected chi connectivity index (χ1v) is 5.87. The molecule has 1 aromatic rings. The summed E-state index contributed by atoms with van der Waals surface area (Å²) < 4.78 is 11.4. The van der Waals surface area contributed by atoms with E-state index in [1.807, 2.05) is 6.92 Å². The number of carboxylic acids is 1. The minimum Gasteiger partial charge on any atom is -0.481 e. The van der Waals surface area contributed by atoms with E-state index < -0.39 is 11.9 Å². The molecule has 1 atom stereocenters. The summed E-state index contributed by atoms with van der Waals surface area (Å²) in [6.45, 7) is 1.95. The molecule has 3 N–H and O–H groups in total. The van der Waals surface area contributed by atoms with E-state index in [2.05, 4.69) is 15.9 Å². The summed E-state index contributed by atoms with van der Waals surface area (Å²) in [5.74, 6) is -0.713. The van der Waals surface area contributed by atoms with Crippen molar-refractivity contribution in [3.8, 4) is 11.5 Å². The zero-order valence-electron chi connectivity index (χ0n) is 9.20. The van der Waals surface area contributed by atoms with Crippen LogP contribution < -0.4 is 15.2 Å². The molecule has 0 spiro atoms. The largest absolute Gasteiger partial charge is 0.481 e. The predicted molar refractivity (Wildman–Crippen MR) is 64.4 cm³/mol. The summed E-state index contributed by atoms with van der Waals surface area (Å²) in [6, 6.07) is 1.77. The van der Waals surface area contributed by atoms with Gasteiger partial charge in [-0.15, -0.1) is 0 Å². The van der Waals surface area contributed by atoms with Gasteiger partial charge in [-0.1, -0.05) is 15.9 Å². The van der Waals surface area contributed by atoms with E-state index >= 15 is 0 Å². The molecule has 0 saturated carbocycles. The van der Waals surface area contributed by atoms with Crippen molar-refractivity contribution in [3.05, 3.63) is 21.7 Å². The van der Waals surface area contributed by atoms with Gasteiger partial charge in [-0.05, 0) is 18.6 Å². The number of hydrogen-bond acceptors (Lipinski definition) is 4. The fraction of sp³-hybridized carbons (Fsp3) is 0.364. The zero-order valence-corrected chi connectivity index (χ0v) is 10.8. The van der Waals surface area contributed by atoms with Crippen LogP contribution in [0.15, 0.2) is 10.5 Å². The second-order valence-electron chi connectivity index (χ2n) is 3.76. The number of carbonyl (C=O) groups is 1. The second kappa shape index (κ2) is 4.54. The number of carboxylic acid groups (broad SMARTS) is 1. The second-order valence-corrected chi connectivity index (χ2v) is 4.61. The molecule has 92 valence electrons. The molecule has 0 amide bonds. The molecule has 1 aliphatic rings. The Labute approximate surface area is 107 Å². The number of aliphatic carboxylic acids is 1. The Morgan fingerprint density at radius 2 is 2.35 bits per heavy atom. The highest BCUT2D eigenvalue weighted by molar-refractivity contribution is 9.10.